The average Bonchev–Trinajstić information content (AvgIpc) is 2.84. The molecule has 2 heterocycles. The van der Waals surface area contributed by atoms with E-state index in [9.17, 15) is 18.5 Å². The zero-order valence-corrected chi connectivity index (χ0v) is 13.8. The second-order valence-electron chi connectivity index (χ2n) is 5.00. The van der Waals surface area contributed by atoms with Crippen LogP contribution in [0, 0.1) is 10.1 Å². The van der Waals surface area contributed by atoms with Gasteiger partial charge in [0.25, 0.3) is 0 Å². The molecule has 0 unspecified atom stereocenters. The van der Waals surface area contributed by atoms with Gasteiger partial charge in [0.15, 0.2) is 0 Å². The Morgan fingerprint density at radius 1 is 1.43 bits per heavy atom. The maximum Gasteiger partial charge on any atom is 0.372 e. The number of nitrogens with zero attached hydrogens (tertiary/aromatic N) is 4. The van der Waals surface area contributed by atoms with Gasteiger partial charge in [0, 0.05) is 25.7 Å². The van der Waals surface area contributed by atoms with Crippen molar-refractivity contribution < 1.29 is 13.3 Å². The van der Waals surface area contributed by atoms with Gasteiger partial charge in [-0.2, -0.15) is 9.38 Å². The van der Waals surface area contributed by atoms with Crippen LogP contribution in [-0.4, -0.2) is 52.9 Å². The topological polar surface area (TPSA) is 110 Å². The number of hydrogen-bond donors (Lipinski definition) is 1. The van der Waals surface area contributed by atoms with Crippen molar-refractivity contribution in [2.75, 3.05) is 31.2 Å². The van der Waals surface area contributed by atoms with E-state index in [1.165, 1.54) is 8.71 Å². The molecule has 0 saturated carbocycles. The van der Waals surface area contributed by atoms with Gasteiger partial charge in [-0.15, -0.1) is 0 Å². The quantitative estimate of drug-likeness (QED) is 0.440. The Bertz CT molecular complexity index is 802. The van der Waals surface area contributed by atoms with Crippen molar-refractivity contribution in [2.24, 2.45) is 0 Å². The molecule has 0 aromatic carbocycles. The van der Waals surface area contributed by atoms with Crippen molar-refractivity contribution >= 4 is 27.3 Å². The summed E-state index contributed by atoms with van der Waals surface area (Å²) in [6.45, 7) is 2.90. The molecule has 0 radical (unpaired) electrons. The minimum absolute atomic E-state index is 0.129. The van der Waals surface area contributed by atoms with Crippen LogP contribution in [-0.2, 0) is 10.0 Å². The summed E-state index contributed by atoms with van der Waals surface area (Å²) in [4.78, 5) is 14.9. The third-order valence-corrected chi connectivity index (χ3v) is 4.75. The van der Waals surface area contributed by atoms with E-state index in [1.807, 2.05) is 0 Å². The van der Waals surface area contributed by atoms with Crippen LogP contribution in [0.5, 0.6) is 0 Å². The van der Waals surface area contributed by atoms with Gasteiger partial charge in [0.05, 0.1) is 12.5 Å². The molecule has 0 aliphatic heterocycles. The molecular formula is C13H19N5O4S. The van der Waals surface area contributed by atoms with Gasteiger partial charge in [0.1, 0.15) is 0 Å². The highest BCUT2D eigenvalue weighted by molar-refractivity contribution is 7.88. The molecule has 0 fully saturated rings. The van der Waals surface area contributed by atoms with Gasteiger partial charge in [-0.1, -0.05) is 13.0 Å². The van der Waals surface area contributed by atoms with E-state index < -0.39 is 14.9 Å². The number of imidazole rings is 1. The Morgan fingerprint density at radius 2 is 2.17 bits per heavy atom. The summed E-state index contributed by atoms with van der Waals surface area (Å²) in [6, 6.07) is 5.12. The van der Waals surface area contributed by atoms with Crippen molar-refractivity contribution in [3.05, 3.63) is 34.5 Å². The van der Waals surface area contributed by atoms with Gasteiger partial charge in [-0.05, 0) is 17.4 Å². The third kappa shape index (κ3) is 3.96. The second-order valence-corrected chi connectivity index (χ2v) is 6.99. The summed E-state index contributed by atoms with van der Waals surface area (Å²) in [7, 11) is -3.22. The Balaban J connectivity index is 2.05. The molecule has 10 heteroatoms. The monoisotopic (exact) mass is 341 g/mol. The van der Waals surface area contributed by atoms with Gasteiger partial charge in [-0.25, -0.2) is 12.7 Å². The van der Waals surface area contributed by atoms with Crippen LogP contribution in [0.3, 0.4) is 0 Å². The summed E-state index contributed by atoms with van der Waals surface area (Å²) in [5.41, 5.74) is 0.480. The van der Waals surface area contributed by atoms with Crippen LogP contribution in [0.25, 0.3) is 5.65 Å². The smallest absolute Gasteiger partial charge is 0.363 e. The molecular weight excluding hydrogens is 322 g/mol. The minimum Gasteiger partial charge on any atom is -0.363 e. The first-order valence-corrected chi connectivity index (χ1v) is 9.00. The number of aromatic nitrogens is 2. The summed E-state index contributed by atoms with van der Waals surface area (Å²) in [6.07, 6.45) is 3.26. The zero-order chi connectivity index (χ0) is 17.0. The Kier molecular flexibility index (Phi) is 5.16. The number of hydrogen-bond acceptors (Lipinski definition) is 6. The van der Waals surface area contributed by atoms with E-state index >= 15 is 0 Å². The molecule has 0 aliphatic carbocycles. The molecule has 0 amide bonds. The lowest BCUT2D eigenvalue weighted by atomic mass is 10.4. The maximum atomic E-state index is 11.5. The van der Waals surface area contributed by atoms with E-state index in [4.69, 9.17) is 0 Å². The highest BCUT2D eigenvalue weighted by atomic mass is 32.2. The molecule has 126 valence electrons. The third-order valence-electron chi connectivity index (χ3n) is 3.38. The van der Waals surface area contributed by atoms with E-state index in [-0.39, 0.29) is 11.6 Å². The highest BCUT2D eigenvalue weighted by Crippen LogP contribution is 2.25. The SMILES string of the molecule is CCN(CCCNc1nc2ccccn2c1[N+](=O)[O-])S(C)(=O)=O. The second kappa shape index (κ2) is 6.92. The Labute approximate surface area is 134 Å². The van der Waals surface area contributed by atoms with E-state index in [0.29, 0.717) is 31.7 Å². The van der Waals surface area contributed by atoms with Crippen molar-refractivity contribution in [1.29, 1.82) is 0 Å². The molecule has 1 N–H and O–H groups in total. The molecule has 9 nitrogen and oxygen atoms in total. The standard InChI is InChI=1S/C13H19N5O4S/c1-3-16(23(2,21)22)9-6-8-14-12-13(18(19)20)17-10-5-4-7-11(17)15-12/h4-5,7,10,14H,3,6,8-9H2,1-2H3. The number of sulfonamides is 1. The molecule has 2 aromatic rings. The summed E-state index contributed by atoms with van der Waals surface area (Å²) in [5.74, 6) is 0.0552. The number of nitrogens with one attached hydrogen (secondary N) is 1. The molecule has 2 aromatic heterocycles. The van der Waals surface area contributed by atoms with Crippen LogP contribution in [0.15, 0.2) is 24.4 Å². The molecule has 0 spiro atoms. The lowest BCUT2D eigenvalue weighted by molar-refractivity contribution is -0.389. The van der Waals surface area contributed by atoms with E-state index in [1.54, 1.807) is 31.3 Å². The fourth-order valence-corrected chi connectivity index (χ4v) is 3.23. The summed E-state index contributed by atoms with van der Waals surface area (Å²) >= 11 is 0. The molecule has 0 saturated heterocycles. The highest BCUT2D eigenvalue weighted by Gasteiger charge is 2.22. The fourth-order valence-electron chi connectivity index (χ4n) is 2.30. The van der Waals surface area contributed by atoms with E-state index in [2.05, 4.69) is 10.3 Å². The van der Waals surface area contributed by atoms with Crippen LogP contribution >= 0.6 is 0 Å². The number of anilines is 1. The van der Waals surface area contributed by atoms with Crippen LogP contribution in [0.1, 0.15) is 13.3 Å². The number of rotatable bonds is 8. The van der Waals surface area contributed by atoms with Crippen LogP contribution in [0.4, 0.5) is 11.6 Å². The van der Waals surface area contributed by atoms with Gasteiger partial charge >= 0.3 is 5.82 Å². The lowest BCUT2D eigenvalue weighted by Crippen LogP contribution is -2.31. The Morgan fingerprint density at radius 3 is 2.78 bits per heavy atom. The number of nitro groups is 1. The van der Waals surface area contributed by atoms with Gasteiger partial charge < -0.3 is 15.4 Å². The van der Waals surface area contributed by atoms with Crippen molar-refractivity contribution in [3.63, 3.8) is 0 Å². The molecule has 23 heavy (non-hydrogen) atoms. The largest absolute Gasteiger partial charge is 0.372 e. The van der Waals surface area contributed by atoms with Crippen LogP contribution in [0.2, 0.25) is 0 Å². The van der Waals surface area contributed by atoms with Gasteiger partial charge in [0.2, 0.25) is 21.5 Å². The van der Waals surface area contributed by atoms with Crippen molar-refractivity contribution in [1.82, 2.24) is 13.7 Å². The summed E-state index contributed by atoms with van der Waals surface area (Å²) in [5, 5.41) is 14.2. The number of pyridine rings is 1. The maximum absolute atomic E-state index is 11.5. The first-order chi connectivity index (χ1) is 10.8. The molecule has 0 aliphatic rings. The molecule has 2 rings (SSSR count). The Hall–Kier alpha value is -2.20. The predicted molar refractivity (Wildman–Crippen MR) is 87.0 cm³/mol. The van der Waals surface area contributed by atoms with E-state index in [0.717, 1.165) is 6.26 Å². The van der Waals surface area contributed by atoms with Gasteiger partial charge in [-0.3, -0.25) is 0 Å². The van der Waals surface area contributed by atoms with Crippen molar-refractivity contribution in [2.45, 2.75) is 13.3 Å². The predicted octanol–water partition coefficient (Wildman–Crippen LogP) is 1.33. The zero-order valence-electron chi connectivity index (χ0n) is 13.0. The average molecular weight is 341 g/mol. The normalized spacial score (nSPS) is 12.0. The lowest BCUT2D eigenvalue weighted by Gasteiger charge is -2.17. The molecule has 0 atom stereocenters. The minimum atomic E-state index is -3.22. The molecule has 0 bridgehead atoms. The van der Waals surface area contributed by atoms with Crippen LogP contribution < -0.4 is 5.32 Å². The van der Waals surface area contributed by atoms with Crippen molar-refractivity contribution in [3.8, 4) is 0 Å². The first-order valence-electron chi connectivity index (χ1n) is 7.15. The number of fused-ring (bicyclic) bond motifs is 1. The first kappa shape index (κ1) is 17.2. The summed E-state index contributed by atoms with van der Waals surface area (Å²) < 4.78 is 25.7. The fraction of sp³-hybridized carbons (Fsp3) is 0.462.